The Labute approximate surface area is 121 Å². The summed E-state index contributed by atoms with van der Waals surface area (Å²) in [5.41, 5.74) is -3.06. The quantitative estimate of drug-likeness (QED) is 0.499. The van der Waals surface area contributed by atoms with Crippen LogP contribution in [0.1, 0.15) is 20.3 Å². The van der Waals surface area contributed by atoms with Crippen LogP contribution >= 0.6 is 0 Å². The van der Waals surface area contributed by atoms with Crippen LogP contribution < -0.4 is 0 Å². The zero-order valence-electron chi connectivity index (χ0n) is 12.3. The van der Waals surface area contributed by atoms with Crippen LogP contribution in [0.5, 0.6) is 0 Å². The third kappa shape index (κ3) is 1.85. The van der Waals surface area contributed by atoms with Gasteiger partial charge in [-0.2, -0.15) is 0 Å². The van der Waals surface area contributed by atoms with Crippen LogP contribution in [0.2, 0.25) is 0 Å². The second-order valence-corrected chi connectivity index (χ2v) is 5.30. The first-order valence-corrected chi connectivity index (χ1v) is 6.40. The molecule has 2 aliphatic rings. The number of amides is 1. The van der Waals surface area contributed by atoms with Gasteiger partial charge in [-0.25, -0.2) is 4.79 Å². The number of esters is 2. The van der Waals surface area contributed by atoms with Gasteiger partial charge in [0.1, 0.15) is 5.92 Å². The molecule has 116 valence electrons. The molecule has 2 fully saturated rings. The standard InChI is InChI=1S/C13H17NO7/c1-7(15)12(2)14-9(16)8(10(17)19-3)5-13(14,6-21-12)11(18)20-4/h8H,5-6H2,1-4H3/t8-,12-,13-/m0/s1. The lowest BCUT2D eigenvalue weighted by atomic mass is 9.93. The molecular weight excluding hydrogens is 282 g/mol. The highest BCUT2D eigenvalue weighted by Gasteiger charge is 2.69. The lowest BCUT2D eigenvalue weighted by Gasteiger charge is -2.34. The van der Waals surface area contributed by atoms with E-state index in [1.807, 2.05) is 0 Å². The molecular formula is C13H17NO7. The first-order chi connectivity index (χ1) is 9.74. The molecule has 0 radical (unpaired) electrons. The molecule has 0 unspecified atom stereocenters. The monoisotopic (exact) mass is 299 g/mol. The van der Waals surface area contributed by atoms with Crippen LogP contribution in [0, 0.1) is 5.92 Å². The molecule has 2 saturated heterocycles. The predicted octanol–water partition coefficient (Wildman–Crippen LogP) is -0.745. The van der Waals surface area contributed by atoms with Crippen molar-refractivity contribution in [3.05, 3.63) is 0 Å². The Balaban J connectivity index is 2.53. The first-order valence-electron chi connectivity index (χ1n) is 6.40. The fourth-order valence-electron chi connectivity index (χ4n) is 2.96. The number of hydrogen-bond donors (Lipinski definition) is 0. The van der Waals surface area contributed by atoms with Crippen LogP contribution in [0.15, 0.2) is 0 Å². The average molecular weight is 299 g/mol. The van der Waals surface area contributed by atoms with Crippen LogP contribution in [-0.2, 0) is 33.4 Å². The minimum Gasteiger partial charge on any atom is -0.468 e. The lowest BCUT2D eigenvalue weighted by Crippen LogP contribution is -2.58. The summed E-state index contributed by atoms with van der Waals surface area (Å²) in [6.45, 7) is 2.46. The summed E-state index contributed by atoms with van der Waals surface area (Å²) in [6, 6.07) is 0. The maximum atomic E-state index is 12.5. The minimum atomic E-state index is -1.59. The third-order valence-electron chi connectivity index (χ3n) is 4.21. The number of rotatable bonds is 3. The molecule has 0 saturated carbocycles. The van der Waals surface area contributed by atoms with Gasteiger partial charge in [-0.3, -0.25) is 19.3 Å². The van der Waals surface area contributed by atoms with Crippen molar-refractivity contribution in [2.45, 2.75) is 31.5 Å². The van der Waals surface area contributed by atoms with Crippen molar-refractivity contribution in [3.8, 4) is 0 Å². The molecule has 3 atom stereocenters. The number of fused-ring (bicyclic) bond motifs is 1. The molecule has 8 heteroatoms. The van der Waals surface area contributed by atoms with Crippen LogP contribution in [0.4, 0.5) is 0 Å². The van der Waals surface area contributed by atoms with Crippen LogP contribution in [-0.4, -0.2) is 60.6 Å². The highest BCUT2D eigenvalue weighted by Crippen LogP contribution is 2.47. The summed E-state index contributed by atoms with van der Waals surface area (Å²) in [4.78, 5) is 49.3. The van der Waals surface area contributed by atoms with E-state index in [4.69, 9.17) is 9.47 Å². The van der Waals surface area contributed by atoms with E-state index in [9.17, 15) is 19.2 Å². The van der Waals surface area contributed by atoms with Gasteiger partial charge >= 0.3 is 11.9 Å². The Morgan fingerprint density at radius 2 is 1.90 bits per heavy atom. The second kappa shape index (κ2) is 4.80. The third-order valence-corrected chi connectivity index (χ3v) is 4.21. The number of Topliss-reactive ketones (excluding diaryl/α,β-unsaturated/α-hetero) is 1. The number of hydrogen-bond acceptors (Lipinski definition) is 7. The van der Waals surface area contributed by atoms with Crippen LogP contribution in [0.3, 0.4) is 0 Å². The van der Waals surface area contributed by atoms with E-state index in [1.54, 1.807) is 0 Å². The van der Waals surface area contributed by atoms with Crippen molar-refractivity contribution in [3.63, 3.8) is 0 Å². The molecule has 8 nitrogen and oxygen atoms in total. The Hall–Kier alpha value is -1.96. The van der Waals surface area contributed by atoms with E-state index >= 15 is 0 Å². The van der Waals surface area contributed by atoms with Gasteiger partial charge in [-0.05, 0) is 13.8 Å². The van der Waals surface area contributed by atoms with Crippen molar-refractivity contribution in [1.82, 2.24) is 4.90 Å². The average Bonchev–Trinajstić information content (AvgIpc) is 2.93. The summed E-state index contributed by atoms with van der Waals surface area (Å²) in [6.07, 6.45) is -0.131. The fraction of sp³-hybridized carbons (Fsp3) is 0.692. The number of ketones is 1. The molecule has 0 bridgehead atoms. The summed E-state index contributed by atoms with van der Waals surface area (Å²) in [7, 11) is 2.33. The van der Waals surface area contributed by atoms with Gasteiger partial charge in [0.25, 0.3) is 0 Å². The summed E-state index contributed by atoms with van der Waals surface area (Å²) in [5.74, 6) is -3.71. The van der Waals surface area contributed by atoms with E-state index in [1.165, 1.54) is 21.0 Å². The van der Waals surface area contributed by atoms with E-state index in [2.05, 4.69) is 4.74 Å². The number of ether oxygens (including phenoxy) is 3. The molecule has 0 N–H and O–H groups in total. The summed E-state index contributed by atoms with van der Waals surface area (Å²) < 4.78 is 14.8. The molecule has 21 heavy (non-hydrogen) atoms. The number of carbonyl (C=O) groups excluding carboxylic acids is 4. The normalized spacial score (nSPS) is 34.6. The van der Waals surface area contributed by atoms with Crippen LogP contribution in [0.25, 0.3) is 0 Å². The van der Waals surface area contributed by atoms with E-state index in [0.29, 0.717) is 0 Å². The van der Waals surface area contributed by atoms with E-state index in [0.717, 1.165) is 12.0 Å². The highest BCUT2D eigenvalue weighted by atomic mass is 16.6. The van der Waals surface area contributed by atoms with Gasteiger partial charge in [-0.15, -0.1) is 0 Å². The Bertz CT molecular complexity index is 531. The minimum absolute atomic E-state index is 0.131. The van der Waals surface area contributed by atoms with Crippen molar-refractivity contribution >= 4 is 23.6 Å². The summed E-state index contributed by atoms with van der Waals surface area (Å²) >= 11 is 0. The van der Waals surface area contributed by atoms with E-state index < -0.39 is 40.8 Å². The number of methoxy groups -OCH3 is 2. The Morgan fingerprint density at radius 3 is 2.38 bits per heavy atom. The maximum Gasteiger partial charge on any atom is 0.334 e. The lowest BCUT2D eigenvalue weighted by molar-refractivity contribution is -0.168. The summed E-state index contributed by atoms with van der Waals surface area (Å²) in [5, 5.41) is 0. The van der Waals surface area contributed by atoms with Gasteiger partial charge < -0.3 is 14.2 Å². The molecule has 0 aliphatic carbocycles. The van der Waals surface area contributed by atoms with Gasteiger partial charge in [0.05, 0.1) is 20.8 Å². The van der Waals surface area contributed by atoms with Gasteiger partial charge in [0.15, 0.2) is 11.3 Å². The van der Waals surface area contributed by atoms with Gasteiger partial charge in [-0.1, -0.05) is 0 Å². The predicted molar refractivity (Wildman–Crippen MR) is 66.8 cm³/mol. The molecule has 1 amide bonds. The Morgan fingerprint density at radius 1 is 1.29 bits per heavy atom. The van der Waals surface area contributed by atoms with E-state index in [-0.39, 0.29) is 13.0 Å². The molecule has 2 rings (SSSR count). The van der Waals surface area contributed by atoms with Crippen molar-refractivity contribution in [1.29, 1.82) is 0 Å². The second-order valence-electron chi connectivity index (χ2n) is 5.30. The van der Waals surface area contributed by atoms with Crippen molar-refractivity contribution < 1.29 is 33.4 Å². The number of carbonyl (C=O) groups is 4. The topological polar surface area (TPSA) is 99.2 Å². The van der Waals surface area contributed by atoms with Gasteiger partial charge in [0.2, 0.25) is 11.6 Å². The Kier molecular flexibility index (Phi) is 3.53. The zero-order valence-corrected chi connectivity index (χ0v) is 12.3. The molecule has 2 aliphatic heterocycles. The molecule has 0 spiro atoms. The largest absolute Gasteiger partial charge is 0.468 e. The SMILES string of the molecule is COC(=O)[C@H]1C[C@@]2(C(=O)OC)CO[C@@](C)(C(C)=O)N2C1=O. The highest BCUT2D eigenvalue weighted by molar-refractivity contribution is 6.07. The van der Waals surface area contributed by atoms with Crippen molar-refractivity contribution in [2.24, 2.45) is 5.92 Å². The molecule has 0 aromatic heterocycles. The number of nitrogens with zero attached hydrogens (tertiary/aromatic N) is 1. The fourth-order valence-corrected chi connectivity index (χ4v) is 2.96. The van der Waals surface area contributed by atoms with Gasteiger partial charge in [0, 0.05) is 6.42 Å². The molecule has 2 heterocycles. The smallest absolute Gasteiger partial charge is 0.334 e. The molecule has 0 aromatic rings. The maximum absolute atomic E-state index is 12.5. The zero-order chi connectivity index (χ0) is 16.0. The van der Waals surface area contributed by atoms with Crippen molar-refractivity contribution in [2.75, 3.05) is 20.8 Å². The first kappa shape index (κ1) is 15.4. The molecule has 0 aromatic carbocycles.